The Morgan fingerprint density at radius 2 is 0.562 bits per heavy atom. The van der Waals surface area contributed by atoms with Crippen LogP contribution in [0.15, 0.2) is 231 Å². The predicted molar refractivity (Wildman–Crippen MR) is 271 cm³/mol. The van der Waals surface area contributed by atoms with E-state index in [4.69, 9.17) is 0 Å². The molecule has 4 heteroatoms. The summed E-state index contributed by atoms with van der Waals surface area (Å²) in [6, 6.07) is 84.2. The van der Waals surface area contributed by atoms with Gasteiger partial charge in [-0.2, -0.15) is 0 Å². The van der Waals surface area contributed by atoms with Crippen LogP contribution in [0.3, 0.4) is 0 Å². The molecule has 0 bridgehead atoms. The summed E-state index contributed by atoms with van der Waals surface area (Å²) in [6.07, 6.45) is 0. The third-order valence-corrected chi connectivity index (χ3v) is 13.5. The fraction of sp³-hybridized carbons (Fsp3) is 0. The Bertz CT molecular complexity index is 4020. The second-order valence-corrected chi connectivity index (χ2v) is 17.0. The van der Waals surface area contributed by atoms with E-state index < -0.39 is 0 Å². The summed E-state index contributed by atoms with van der Waals surface area (Å²) >= 11 is 0. The molecule has 10 aromatic carbocycles. The first-order valence-electron chi connectivity index (χ1n) is 22.0. The second-order valence-electron chi connectivity index (χ2n) is 17.0. The van der Waals surface area contributed by atoms with E-state index in [1.807, 2.05) is 0 Å². The van der Waals surface area contributed by atoms with E-state index in [9.17, 15) is 0 Å². The van der Waals surface area contributed by atoms with Crippen molar-refractivity contribution in [3.8, 4) is 11.1 Å². The lowest BCUT2D eigenvalue weighted by atomic mass is 10.0. The summed E-state index contributed by atoms with van der Waals surface area (Å²) in [5.74, 6) is 0. The minimum atomic E-state index is 1.12. The largest absolute Gasteiger partial charge is 0.310 e. The lowest BCUT2D eigenvalue weighted by molar-refractivity contribution is 1.28. The van der Waals surface area contributed by atoms with Crippen molar-refractivity contribution in [1.29, 1.82) is 0 Å². The van der Waals surface area contributed by atoms with Gasteiger partial charge in [-0.25, -0.2) is 0 Å². The lowest BCUT2D eigenvalue weighted by Gasteiger charge is -2.26. The maximum atomic E-state index is 2.52. The number of para-hydroxylation sites is 5. The van der Waals surface area contributed by atoms with Crippen molar-refractivity contribution in [3.63, 3.8) is 0 Å². The first-order valence-corrected chi connectivity index (χ1v) is 22.0. The fourth-order valence-corrected chi connectivity index (χ4v) is 10.8. The van der Waals surface area contributed by atoms with Crippen molar-refractivity contribution in [2.24, 2.45) is 0 Å². The Morgan fingerprint density at radius 1 is 0.219 bits per heavy atom. The summed E-state index contributed by atoms with van der Waals surface area (Å²) in [5.41, 5.74) is 16.6. The van der Waals surface area contributed by atoms with Crippen LogP contribution in [0.2, 0.25) is 0 Å². The van der Waals surface area contributed by atoms with Crippen LogP contribution in [0, 0.1) is 0 Å². The van der Waals surface area contributed by atoms with Crippen LogP contribution >= 0.6 is 0 Å². The first-order chi connectivity index (χ1) is 31.8. The van der Waals surface area contributed by atoms with E-state index in [2.05, 4.69) is 249 Å². The van der Waals surface area contributed by atoms with Gasteiger partial charge < -0.3 is 18.6 Å². The van der Waals surface area contributed by atoms with Gasteiger partial charge in [0.25, 0.3) is 0 Å². The normalized spacial score (nSPS) is 12.1. The molecule has 0 amide bonds. The van der Waals surface area contributed by atoms with Crippen molar-refractivity contribution in [1.82, 2.24) is 8.80 Å². The summed E-state index contributed by atoms with van der Waals surface area (Å²) in [7, 11) is 0. The predicted octanol–water partition coefficient (Wildman–Crippen LogP) is 16.6. The van der Waals surface area contributed by atoms with Crippen LogP contribution in [0.5, 0.6) is 0 Å². The van der Waals surface area contributed by atoms with Crippen LogP contribution in [0.25, 0.3) is 87.3 Å². The van der Waals surface area contributed by atoms with E-state index >= 15 is 0 Å². The molecule has 0 unspecified atom stereocenters. The van der Waals surface area contributed by atoms with E-state index in [1.54, 1.807) is 0 Å². The number of rotatable bonds is 7. The maximum absolute atomic E-state index is 2.52. The average molecular weight is 815 g/mol. The highest BCUT2D eigenvalue weighted by molar-refractivity contribution is 6.29. The highest BCUT2D eigenvalue weighted by atomic mass is 15.1. The minimum Gasteiger partial charge on any atom is -0.310 e. The summed E-state index contributed by atoms with van der Waals surface area (Å²) in [6.45, 7) is 0. The van der Waals surface area contributed by atoms with Gasteiger partial charge in [-0.1, -0.05) is 133 Å². The van der Waals surface area contributed by atoms with Gasteiger partial charge >= 0.3 is 0 Å². The molecular formula is C60H38N4. The molecule has 0 fully saturated rings. The molecule has 14 aromatic rings. The molecule has 0 aliphatic rings. The number of fused-ring (bicyclic) bond motifs is 12. The van der Waals surface area contributed by atoms with Gasteiger partial charge in [-0.3, -0.25) is 0 Å². The quantitative estimate of drug-likeness (QED) is 0.159. The Kier molecular flexibility index (Phi) is 7.36. The molecule has 0 aliphatic carbocycles. The Morgan fingerprint density at radius 3 is 1.02 bits per heavy atom. The number of hydrogen-bond donors (Lipinski definition) is 0. The number of anilines is 6. The first kappa shape index (κ1) is 35.0. The zero-order valence-corrected chi connectivity index (χ0v) is 34.7. The van der Waals surface area contributed by atoms with Crippen LogP contribution < -0.4 is 9.80 Å². The van der Waals surface area contributed by atoms with Gasteiger partial charge in [0.05, 0.1) is 33.1 Å². The van der Waals surface area contributed by atoms with E-state index in [-0.39, 0.29) is 0 Å². The van der Waals surface area contributed by atoms with Crippen LogP contribution in [0.4, 0.5) is 34.1 Å². The molecule has 0 N–H and O–H groups in total. The topological polar surface area (TPSA) is 15.3 Å². The highest BCUT2D eigenvalue weighted by Crippen LogP contribution is 2.47. The van der Waals surface area contributed by atoms with Crippen LogP contribution in [-0.4, -0.2) is 8.80 Å². The molecule has 0 radical (unpaired) electrons. The standard InChI is InChI=1S/C60H38N4/c1-5-16-39(17-6-1)40-18-13-25-44(34-40)62(43-23-11-4-12-24-43)46-31-33-56-52(36-46)48-27-15-29-50-54-37-57-53(38-58(54)64(56)60(48)50)49-28-14-26-47-51-35-45(30-32-55(51)63(57)59(47)49)61(41-19-7-2-8-20-41)42-21-9-3-10-22-42/h1-38H. The van der Waals surface area contributed by atoms with Gasteiger partial charge in [0.1, 0.15) is 0 Å². The molecule has 4 nitrogen and oxygen atoms in total. The molecule has 0 spiro atoms. The zero-order chi connectivity index (χ0) is 41.9. The van der Waals surface area contributed by atoms with E-state index in [0.29, 0.717) is 0 Å². The van der Waals surface area contributed by atoms with Gasteiger partial charge in [-0.15, -0.1) is 0 Å². The van der Waals surface area contributed by atoms with Gasteiger partial charge in [-0.05, 0) is 108 Å². The molecule has 64 heavy (non-hydrogen) atoms. The minimum absolute atomic E-state index is 1.12. The number of nitrogens with zero attached hydrogens (tertiary/aromatic N) is 4. The Balaban J connectivity index is 0.963. The zero-order valence-electron chi connectivity index (χ0n) is 34.7. The van der Waals surface area contributed by atoms with Gasteiger partial charge in [0.15, 0.2) is 0 Å². The number of aromatic nitrogens is 2. The average Bonchev–Trinajstić information content (AvgIpc) is 4.08. The van der Waals surface area contributed by atoms with Crippen molar-refractivity contribution in [2.45, 2.75) is 0 Å². The lowest BCUT2D eigenvalue weighted by Crippen LogP contribution is -2.09. The highest BCUT2D eigenvalue weighted by Gasteiger charge is 2.24. The molecule has 298 valence electrons. The molecule has 0 aliphatic heterocycles. The number of hydrogen-bond acceptors (Lipinski definition) is 2. The smallest absolute Gasteiger partial charge is 0.0620 e. The molecular weight excluding hydrogens is 777 g/mol. The molecule has 0 saturated heterocycles. The van der Waals surface area contributed by atoms with Crippen molar-refractivity contribution < 1.29 is 0 Å². The monoisotopic (exact) mass is 814 g/mol. The van der Waals surface area contributed by atoms with Gasteiger partial charge in [0, 0.05) is 77.2 Å². The summed E-state index contributed by atoms with van der Waals surface area (Å²) in [4.78, 5) is 4.73. The Labute approximate surface area is 369 Å². The van der Waals surface area contributed by atoms with Gasteiger partial charge in [0.2, 0.25) is 0 Å². The summed E-state index contributed by atoms with van der Waals surface area (Å²) < 4.78 is 5.03. The summed E-state index contributed by atoms with van der Waals surface area (Å²) in [5, 5.41) is 10.1. The molecule has 4 heterocycles. The third kappa shape index (κ3) is 4.99. The van der Waals surface area contributed by atoms with E-state index in [1.165, 1.54) is 87.3 Å². The molecule has 14 rings (SSSR count). The van der Waals surface area contributed by atoms with Crippen LogP contribution in [-0.2, 0) is 0 Å². The Hall–Kier alpha value is -8.60. The molecule has 0 saturated carbocycles. The molecule has 0 atom stereocenters. The van der Waals surface area contributed by atoms with Crippen LogP contribution in [0.1, 0.15) is 0 Å². The molecule has 4 aromatic heterocycles. The SMILES string of the molecule is c1ccc(-c2cccc(N(c3ccccc3)c3ccc4c(c3)c3cccc5c6cc7c(cc6n4c35)c3cccc4c5cc(N(c6ccccc6)c6ccccc6)ccc5n7c43)c2)cc1. The van der Waals surface area contributed by atoms with E-state index in [0.717, 1.165) is 34.1 Å². The fourth-order valence-electron chi connectivity index (χ4n) is 10.8. The van der Waals surface area contributed by atoms with Crippen molar-refractivity contribution >= 4 is 110 Å². The maximum Gasteiger partial charge on any atom is 0.0620 e. The second kappa shape index (κ2) is 13.4. The number of benzene rings is 10. The third-order valence-electron chi connectivity index (χ3n) is 13.5. The van der Waals surface area contributed by atoms with Crippen molar-refractivity contribution in [3.05, 3.63) is 231 Å². The van der Waals surface area contributed by atoms with Crippen molar-refractivity contribution in [2.75, 3.05) is 9.80 Å².